The quantitative estimate of drug-likeness (QED) is 0.532. The van der Waals surface area contributed by atoms with Gasteiger partial charge in [-0.05, 0) is 57.0 Å². The third kappa shape index (κ3) is 2.97. The zero-order valence-corrected chi connectivity index (χ0v) is 17.5. The van der Waals surface area contributed by atoms with Gasteiger partial charge in [-0.3, -0.25) is 9.67 Å². The van der Waals surface area contributed by atoms with Crippen molar-refractivity contribution in [2.24, 2.45) is 12.0 Å². The van der Waals surface area contributed by atoms with Crippen LogP contribution in [0.4, 0.5) is 15.8 Å². The summed E-state index contributed by atoms with van der Waals surface area (Å²) in [6, 6.07) is 11.2. The molecule has 5 heteroatoms. The van der Waals surface area contributed by atoms with E-state index in [-0.39, 0.29) is 11.9 Å². The van der Waals surface area contributed by atoms with Crippen LogP contribution in [0.5, 0.6) is 0 Å². The summed E-state index contributed by atoms with van der Waals surface area (Å²) in [5.74, 6) is -0.220. The van der Waals surface area contributed by atoms with Crippen LogP contribution >= 0.6 is 0 Å². The van der Waals surface area contributed by atoms with Crippen LogP contribution in [0.15, 0.2) is 48.0 Å². The number of benzene rings is 2. The van der Waals surface area contributed by atoms with Gasteiger partial charge in [0, 0.05) is 35.8 Å². The molecule has 1 aromatic heterocycles. The predicted octanol–water partition coefficient (Wildman–Crippen LogP) is 5.79. The molecule has 1 aliphatic rings. The van der Waals surface area contributed by atoms with Crippen molar-refractivity contribution in [3.8, 4) is 0 Å². The monoisotopic (exact) mass is 388 g/mol. The Morgan fingerprint density at radius 1 is 1.14 bits per heavy atom. The number of hydrogen-bond acceptors (Lipinski definition) is 3. The molecule has 1 atom stereocenters. The van der Waals surface area contributed by atoms with Crippen molar-refractivity contribution in [3.63, 3.8) is 0 Å². The Bertz CT molecular complexity index is 1160. The topological polar surface area (TPSA) is 33.4 Å². The maximum Gasteiger partial charge on any atom is 0.129 e. The predicted molar refractivity (Wildman–Crippen MR) is 117 cm³/mol. The molecule has 2 aromatic carbocycles. The lowest BCUT2D eigenvalue weighted by molar-refractivity contribution is 0.597. The molecule has 0 fully saturated rings. The molecule has 2 heterocycles. The Morgan fingerprint density at radius 3 is 2.59 bits per heavy atom. The van der Waals surface area contributed by atoms with Crippen molar-refractivity contribution in [1.82, 2.24) is 9.78 Å². The zero-order chi connectivity index (χ0) is 20.9. The van der Waals surface area contributed by atoms with Gasteiger partial charge >= 0.3 is 0 Å². The number of aromatic nitrogens is 2. The number of rotatable bonds is 3. The van der Waals surface area contributed by atoms with Gasteiger partial charge in [0.2, 0.25) is 0 Å². The number of aryl methyl sites for hydroxylation is 3. The number of anilines is 1. The summed E-state index contributed by atoms with van der Waals surface area (Å²) in [6.45, 7) is 12.2. The first kappa shape index (κ1) is 19.1. The third-order valence-corrected chi connectivity index (χ3v) is 5.67. The number of aliphatic imine (C=N–C) groups is 1. The van der Waals surface area contributed by atoms with E-state index < -0.39 is 0 Å². The SMILES string of the molecule is C=C1c2nn(C)c(C)c2C(c2ccc(C)cc2F)N1c1ccc(C)c(/N=C\C)c1. The highest BCUT2D eigenvalue weighted by atomic mass is 19.1. The van der Waals surface area contributed by atoms with Gasteiger partial charge in [-0.1, -0.05) is 24.8 Å². The number of fused-ring (bicyclic) bond motifs is 1. The van der Waals surface area contributed by atoms with Gasteiger partial charge in [0.15, 0.2) is 0 Å². The second-order valence-electron chi connectivity index (χ2n) is 7.57. The molecule has 4 nitrogen and oxygen atoms in total. The fourth-order valence-corrected chi connectivity index (χ4v) is 4.04. The minimum Gasteiger partial charge on any atom is -0.328 e. The minimum atomic E-state index is -0.326. The van der Waals surface area contributed by atoms with Gasteiger partial charge in [0.05, 0.1) is 17.4 Å². The summed E-state index contributed by atoms with van der Waals surface area (Å²) in [7, 11) is 1.91. The number of hydrogen-bond donors (Lipinski definition) is 0. The van der Waals surface area contributed by atoms with E-state index in [9.17, 15) is 0 Å². The van der Waals surface area contributed by atoms with Gasteiger partial charge in [-0.25, -0.2) is 4.39 Å². The third-order valence-electron chi connectivity index (χ3n) is 5.67. The second-order valence-corrected chi connectivity index (χ2v) is 7.57. The van der Waals surface area contributed by atoms with Crippen LogP contribution < -0.4 is 4.90 Å². The summed E-state index contributed by atoms with van der Waals surface area (Å²) in [5.41, 5.74) is 8.01. The van der Waals surface area contributed by atoms with Crippen LogP contribution in [0.2, 0.25) is 0 Å². The average molecular weight is 388 g/mol. The van der Waals surface area contributed by atoms with Crippen molar-refractivity contribution in [3.05, 3.63) is 82.4 Å². The smallest absolute Gasteiger partial charge is 0.129 e. The maximum atomic E-state index is 15.1. The van der Waals surface area contributed by atoms with E-state index in [1.807, 2.05) is 69.8 Å². The summed E-state index contributed by atoms with van der Waals surface area (Å²) >= 11 is 0. The van der Waals surface area contributed by atoms with Gasteiger partial charge in [0.25, 0.3) is 0 Å². The molecule has 0 saturated heterocycles. The molecule has 0 aliphatic carbocycles. The van der Waals surface area contributed by atoms with Crippen molar-refractivity contribution in [2.75, 3.05) is 4.90 Å². The Kier molecular flexibility index (Phi) is 4.61. The van der Waals surface area contributed by atoms with Crippen molar-refractivity contribution in [2.45, 2.75) is 33.7 Å². The van der Waals surface area contributed by atoms with Gasteiger partial charge in [-0.2, -0.15) is 5.10 Å². The van der Waals surface area contributed by atoms with Crippen LogP contribution in [0.3, 0.4) is 0 Å². The van der Waals surface area contributed by atoms with Crippen molar-refractivity contribution in [1.29, 1.82) is 0 Å². The average Bonchev–Trinajstić information content (AvgIpc) is 3.12. The standard InChI is InChI=1S/C24H25FN4/c1-7-26-21-13-18(10-9-15(21)3)29-17(5)23-22(16(4)28(6)27-23)24(29)19-11-8-14(2)12-20(19)25/h7-13,24H,5H2,1-4,6H3/b26-7-. The fourth-order valence-electron chi connectivity index (χ4n) is 4.04. The molecule has 1 unspecified atom stereocenters. The first-order valence-electron chi connectivity index (χ1n) is 9.70. The van der Waals surface area contributed by atoms with E-state index in [2.05, 4.69) is 21.6 Å². The number of halogens is 1. The van der Waals surface area contributed by atoms with Gasteiger partial charge in [-0.15, -0.1) is 0 Å². The summed E-state index contributed by atoms with van der Waals surface area (Å²) in [4.78, 5) is 6.56. The van der Waals surface area contributed by atoms with Crippen LogP contribution in [0.25, 0.3) is 5.70 Å². The molecular formula is C24H25FN4. The molecular weight excluding hydrogens is 363 g/mol. The molecule has 1 aliphatic heterocycles. The first-order chi connectivity index (χ1) is 13.8. The van der Waals surface area contributed by atoms with E-state index in [0.29, 0.717) is 5.56 Å². The number of nitrogens with zero attached hydrogens (tertiary/aromatic N) is 4. The van der Waals surface area contributed by atoms with Crippen LogP contribution in [-0.4, -0.2) is 16.0 Å². The van der Waals surface area contributed by atoms with E-state index in [0.717, 1.165) is 45.2 Å². The Morgan fingerprint density at radius 2 is 1.90 bits per heavy atom. The lowest BCUT2D eigenvalue weighted by Crippen LogP contribution is -2.23. The molecule has 0 bridgehead atoms. The molecule has 0 amide bonds. The Labute approximate surface area is 171 Å². The molecule has 0 radical (unpaired) electrons. The minimum absolute atomic E-state index is 0.220. The largest absolute Gasteiger partial charge is 0.328 e. The van der Waals surface area contributed by atoms with E-state index in [1.165, 1.54) is 0 Å². The molecule has 0 N–H and O–H groups in total. The highest BCUT2D eigenvalue weighted by Gasteiger charge is 2.40. The molecule has 0 saturated carbocycles. The summed E-state index contributed by atoms with van der Waals surface area (Å²) in [6.07, 6.45) is 1.78. The summed E-state index contributed by atoms with van der Waals surface area (Å²) < 4.78 is 16.9. The Hall–Kier alpha value is -3.21. The first-order valence-corrected chi connectivity index (χ1v) is 9.70. The molecule has 148 valence electrons. The van der Waals surface area contributed by atoms with Crippen LogP contribution in [0, 0.1) is 26.6 Å². The van der Waals surface area contributed by atoms with E-state index in [1.54, 1.807) is 12.3 Å². The van der Waals surface area contributed by atoms with Crippen molar-refractivity contribution >= 4 is 23.3 Å². The van der Waals surface area contributed by atoms with Crippen LogP contribution in [0.1, 0.15) is 46.6 Å². The lowest BCUT2D eigenvalue weighted by atomic mass is 9.97. The Balaban J connectivity index is 1.95. The highest BCUT2D eigenvalue weighted by molar-refractivity contribution is 5.87. The second kappa shape index (κ2) is 6.99. The van der Waals surface area contributed by atoms with Gasteiger partial charge < -0.3 is 4.90 Å². The summed E-state index contributed by atoms with van der Waals surface area (Å²) in [5, 5.41) is 4.67. The molecule has 29 heavy (non-hydrogen) atoms. The fraction of sp³-hybridized carbons (Fsp3) is 0.250. The van der Waals surface area contributed by atoms with Crippen LogP contribution in [-0.2, 0) is 7.05 Å². The molecule has 0 spiro atoms. The van der Waals surface area contributed by atoms with E-state index in [4.69, 9.17) is 0 Å². The molecule has 3 aromatic rings. The lowest BCUT2D eigenvalue weighted by Gasteiger charge is -2.30. The molecule has 4 rings (SSSR count). The normalized spacial score (nSPS) is 16.1. The van der Waals surface area contributed by atoms with Crippen molar-refractivity contribution < 1.29 is 4.39 Å². The zero-order valence-electron chi connectivity index (χ0n) is 17.5. The van der Waals surface area contributed by atoms with Gasteiger partial charge in [0.1, 0.15) is 11.5 Å². The highest BCUT2D eigenvalue weighted by Crippen LogP contribution is 2.49. The van der Waals surface area contributed by atoms with E-state index >= 15 is 4.39 Å². The maximum absolute atomic E-state index is 15.1.